The molecule has 2 aromatic rings. The first kappa shape index (κ1) is 14.9. The fourth-order valence-electron chi connectivity index (χ4n) is 2.26. The Bertz CT molecular complexity index is 539. The fourth-order valence-corrected chi connectivity index (χ4v) is 3.01. The highest BCUT2D eigenvalue weighted by Gasteiger charge is 2.16. The van der Waals surface area contributed by atoms with Gasteiger partial charge in [-0.15, -0.1) is 11.3 Å². The molecule has 4 heteroatoms. The van der Waals surface area contributed by atoms with Gasteiger partial charge in [0.1, 0.15) is 11.5 Å². The molecule has 108 valence electrons. The van der Waals surface area contributed by atoms with E-state index in [4.69, 9.17) is 9.47 Å². The number of nitrogens with one attached hydrogen (secondary N) is 1. The highest BCUT2D eigenvalue weighted by atomic mass is 32.1. The van der Waals surface area contributed by atoms with Crippen LogP contribution in [0, 0.1) is 0 Å². The third-order valence-electron chi connectivity index (χ3n) is 3.37. The average Bonchev–Trinajstić information content (AvgIpc) is 3.00. The van der Waals surface area contributed by atoms with E-state index in [1.165, 1.54) is 4.88 Å². The van der Waals surface area contributed by atoms with Crippen LogP contribution in [-0.2, 0) is 0 Å². The summed E-state index contributed by atoms with van der Waals surface area (Å²) >= 11 is 1.77. The summed E-state index contributed by atoms with van der Waals surface area (Å²) in [5.41, 5.74) is 1.11. The minimum Gasteiger partial charge on any atom is -0.497 e. The molecule has 1 heterocycles. The third kappa shape index (κ3) is 3.32. The Balaban J connectivity index is 2.17. The Hall–Kier alpha value is -1.52. The SMILES string of the molecule is COc1ccc(OC)c(C(C)NC(C)c2cccs2)c1. The third-order valence-corrected chi connectivity index (χ3v) is 4.43. The van der Waals surface area contributed by atoms with Crippen molar-refractivity contribution in [1.82, 2.24) is 5.32 Å². The highest BCUT2D eigenvalue weighted by Crippen LogP contribution is 2.31. The lowest BCUT2D eigenvalue weighted by Crippen LogP contribution is -2.22. The molecule has 0 aliphatic heterocycles. The predicted molar refractivity (Wildman–Crippen MR) is 83.8 cm³/mol. The molecule has 0 aliphatic rings. The highest BCUT2D eigenvalue weighted by molar-refractivity contribution is 7.10. The Morgan fingerprint density at radius 3 is 2.45 bits per heavy atom. The molecule has 0 bridgehead atoms. The van der Waals surface area contributed by atoms with Crippen molar-refractivity contribution in [3.63, 3.8) is 0 Å². The van der Waals surface area contributed by atoms with Crippen molar-refractivity contribution >= 4 is 11.3 Å². The van der Waals surface area contributed by atoms with Crippen molar-refractivity contribution in [1.29, 1.82) is 0 Å². The summed E-state index contributed by atoms with van der Waals surface area (Å²) in [4.78, 5) is 1.33. The zero-order valence-electron chi connectivity index (χ0n) is 12.3. The van der Waals surface area contributed by atoms with Gasteiger partial charge in [-0.3, -0.25) is 0 Å². The van der Waals surface area contributed by atoms with Gasteiger partial charge in [0.25, 0.3) is 0 Å². The number of hydrogen-bond acceptors (Lipinski definition) is 4. The lowest BCUT2D eigenvalue weighted by atomic mass is 10.1. The second-order valence-electron chi connectivity index (χ2n) is 4.73. The first-order valence-corrected chi connectivity index (χ1v) is 7.55. The van der Waals surface area contributed by atoms with Crippen LogP contribution in [0.25, 0.3) is 0 Å². The van der Waals surface area contributed by atoms with Crippen LogP contribution in [-0.4, -0.2) is 14.2 Å². The van der Waals surface area contributed by atoms with Gasteiger partial charge in [0.15, 0.2) is 0 Å². The topological polar surface area (TPSA) is 30.5 Å². The summed E-state index contributed by atoms with van der Waals surface area (Å²) in [5, 5.41) is 5.70. The maximum absolute atomic E-state index is 5.45. The summed E-state index contributed by atoms with van der Waals surface area (Å²) < 4.78 is 10.7. The Kier molecular flexibility index (Phi) is 5.04. The van der Waals surface area contributed by atoms with Crippen LogP contribution in [0.5, 0.6) is 11.5 Å². The molecule has 0 radical (unpaired) electrons. The van der Waals surface area contributed by atoms with E-state index in [9.17, 15) is 0 Å². The van der Waals surface area contributed by atoms with Gasteiger partial charge >= 0.3 is 0 Å². The summed E-state index contributed by atoms with van der Waals surface area (Å²) in [6, 6.07) is 10.6. The molecular formula is C16H21NO2S. The number of benzene rings is 1. The Morgan fingerprint density at radius 1 is 1.05 bits per heavy atom. The fraction of sp³-hybridized carbons (Fsp3) is 0.375. The number of ether oxygens (including phenoxy) is 2. The molecule has 1 aromatic carbocycles. The van der Waals surface area contributed by atoms with Crippen molar-refractivity contribution < 1.29 is 9.47 Å². The Labute approximate surface area is 124 Å². The van der Waals surface area contributed by atoms with Crippen LogP contribution in [0.2, 0.25) is 0 Å². The van der Waals surface area contributed by atoms with Gasteiger partial charge in [-0.25, -0.2) is 0 Å². The standard InChI is InChI=1S/C16H21NO2S/c1-11(17-12(2)16-6-5-9-20-16)14-10-13(18-3)7-8-15(14)19-4/h5-12,17H,1-4H3. The van der Waals surface area contributed by atoms with E-state index in [2.05, 4.69) is 36.7 Å². The molecule has 2 atom stereocenters. The largest absolute Gasteiger partial charge is 0.497 e. The number of methoxy groups -OCH3 is 2. The zero-order valence-corrected chi connectivity index (χ0v) is 13.2. The van der Waals surface area contributed by atoms with Gasteiger partial charge in [0, 0.05) is 22.5 Å². The lowest BCUT2D eigenvalue weighted by molar-refractivity contribution is 0.388. The first-order valence-electron chi connectivity index (χ1n) is 6.67. The van der Waals surface area contributed by atoms with Gasteiger partial charge in [-0.05, 0) is 43.5 Å². The van der Waals surface area contributed by atoms with E-state index in [1.54, 1.807) is 25.6 Å². The molecule has 0 saturated heterocycles. The van der Waals surface area contributed by atoms with Crippen molar-refractivity contribution in [2.24, 2.45) is 0 Å². The Morgan fingerprint density at radius 2 is 1.85 bits per heavy atom. The maximum atomic E-state index is 5.45. The molecule has 1 N–H and O–H groups in total. The molecular weight excluding hydrogens is 270 g/mol. The zero-order chi connectivity index (χ0) is 14.5. The molecule has 1 aromatic heterocycles. The van der Waals surface area contributed by atoms with E-state index < -0.39 is 0 Å². The lowest BCUT2D eigenvalue weighted by Gasteiger charge is -2.22. The summed E-state index contributed by atoms with van der Waals surface area (Å²) in [5.74, 6) is 1.72. The molecule has 0 amide bonds. The monoisotopic (exact) mass is 291 g/mol. The second kappa shape index (κ2) is 6.77. The van der Waals surface area contributed by atoms with E-state index >= 15 is 0 Å². The summed E-state index contributed by atoms with van der Waals surface area (Å²) in [7, 11) is 3.37. The molecule has 2 rings (SSSR count). The van der Waals surface area contributed by atoms with Crippen molar-refractivity contribution in [2.75, 3.05) is 14.2 Å². The molecule has 2 unspecified atom stereocenters. The van der Waals surface area contributed by atoms with Crippen LogP contribution in [0.1, 0.15) is 36.4 Å². The summed E-state index contributed by atoms with van der Waals surface area (Å²) in [6.45, 7) is 4.32. The predicted octanol–water partition coefficient (Wildman–Crippen LogP) is 4.18. The summed E-state index contributed by atoms with van der Waals surface area (Å²) in [6.07, 6.45) is 0. The smallest absolute Gasteiger partial charge is 0.123 e. The van der Waals surface area contributed by atoms with Crippen molar-refractivity contribution in [2.45, 2.75) is 25.9 Å². The number of rotatable bonds is 6. The van der Waals surface area contributed by atoms with E-state index in [0.29, 0.717) is 6.04 Å². The van der Waals surface area contributed by atoms with Gasteiger partial charge in [0.2, 0.25) is 0 Å². The van der Waals surface area contributed by atoms with Crippen LogP contribution >= 0.6 is 11.3 Å². The number of hydrogen-bond donors (Lipinski definition) is 1. The van der Waals surface area contributed by atoms with Crippen LogP contribution < -0.4 is 14.8 Å². The van der Waals surface area contributed by atoms with Gasteiger partial charge in [-0.2, -0.15) is 0 Å². The van der Waals surface area contributed by atoms with E-state index in [0.717, 1.165) is 17.1 Å². The van der Waals surface area contributed by atoms with Gasteiger partial charge < -0.3 is 14.8 Å². The van der Waals surface area contributed by atoms with Gasteiger partial charge in [0.05, 0.1) is 14.2 Å². The minimum absolute atomic E-state index is 0.178. The van der Waals surface area contributed by atoms with Crippen molar-refractivity contribution in [3.05, 3.63) is 46.2 Å². The van der Waals surface area contributed by atoms with E-state index in [-0.39, 0.29) is 6.04 Å². The quantitative estimate of drug-likeness (QED) is 0.866. The molecule has 0 aliphatic carbocycles. The normalized spacial score (nSPS) is 13.8. The van der Waals surface area contributed by atoms with Crippen LogP contribution in [0.15, 0.2) is 35.7 Å². The minimum atomic E-state index is 0.178. The molecule has 0 fully saturated rings. The molecule has 3 nitrogen and oxygen atoms in total. The van der Waals surface area contributed by atoms with E-state index in [1.807, 2.05) is 18.2 Å². The number of thiophene rings is 1. The first-order chi connectivity index (χ1) is 9.65. The maximum Gasteiger partial charge on any atom is 0.123 e. The second-order valence-corrected chi connectivity index (χ2v) is 5.71. The van der Waals surface area contributed by atoms with Crippen LogP contribution in [0.4, 0.5) is 0 Å². The molecule has 0 saturated carbocycles. The van der Waals surface area contributed by atoms with Crippen LogP contribution in [0.3, 0.4) is 0 Å². The van der Waals surface area contributed by atoms with Gasteiger partial charge in [-0.1, -0.05) is 6.07 Å². The average molecular weight is 291 g/mol. The van der Waals surface area contributed by atoms with Crippen molar-refractivity contribution in [3.8, 4) is 11.5 Å². The molecule has 0 spiro atoms. The molecule has 20 heavy (non-hydrogen) atoms.